The lowest BCUT2D eigenvalue weighted by atomic mass is 10.00. The van der Waals surface area contributed by atoms with Crippen LogP contribution in [0.5, 0.6) is 5.75 Å². The van der Waals surface area contributed by atoms with Gasteiger partial charge in [0, 0.05) is 17.3 Å². The lowest BCUT2D eigenvalue weighted by molar-refractivity contribution is 0.473. The van der Waals surface area contributed by atoms with E-state index in [0.717, 1.165) is 5.56 Å². The maximum Gasteiger partial charge on any atom is 0.216 e. The number of aromatic amines is 1. The number of hydrogen-bond acceptors (Lipinski definition) is 6. The molecular formula is C17H13ClN6O. The molecule has 0 unspecified atom stereocenters. The molecule has 3 rings (SSSR count). The number of nitrogens with zero attached hydrogens (tertiary/aromatic N) is 4. The maximum atomic E-state index is 10.4. The Bertz CT molecular complexity index is 975. The highest BCUT2D eigenvalue weighted by molar-refractivity contribution is 6.34. The van der Waals surface area contributed by atoms with E-state index in [9.17, 15) is 10.4 Å². The molecule has 8 heteroatoms. The van der Waals surface area contributed by atoms with Gasteiger partial charge in [0.15, 0.2) is 0 Å². The molecule has 0 amide bonds. The number of aryl methyl sites for hydroxylation is 1. The summed E-state index contributed by atoms with van der Waals surface area (Å²) in [5.41, 5.74) is 2.84. The number of nitrogens with one attached hydrogen (secondary N) is 2. The van der Waals surface area contributed by atoms with Crippen LogP contribution in [0.2, 0.25) is 5.02 Å². The third kappa shape index (κ3) is 3.29. The second-order valence-corrected chi connectivity index (χ2v) is 5.59. The van der Waals surface area contributed by atoms with Crippen molar-refractivity contribution in [3.63, 3.8) is 0 Å². The Balaban J connectivity index is 2.06. The van der Waals surface area contributed by atoms with Crippen LogP contribution < -0.4 is 5.32 Å². The molecule has 7 nitrogen and oxygen atoms in total. The van der Waals surface area contributed by atoms with Gasteiger partial charge in [-0.15, -0.1) is 10.2 Å². The van der Waals surface area contributed by atoms with Gasteiger partial charge in [0.2, 0.25) is 5.82 Å². The number of nitriles is 1. The lowest BCUT2D eigenvalue weighted by Gasteiger charge is -2.14. The highest BCUT2D eigenvalue weighted by Crippen LogP contribution is 2.39. The number of phenolic OH excluding ortho intramolecular Hbond substituents is 1. The van der Waals surface area contributed by atoms with E-state index in [-0.39, 0.29) is 17.1 Å². The van der Waals surface area contributed by atoms with Crippen molar-refractivity contribution in [2.24, 2.45) is 0 Å². The number of rotatable bonds is 4. The van der Waals surface area contributed by atoms with Gasteiger partial charge in [0.05, 0.1) is 10.7 Å². The summed E-state index contributed by atoms with van der Waals surface area (Å²) in [6.45, 7) is 1.82. The van der Waals surface area contributed by atoms with Crippen LogP contribution in [0.3, 0.4) is 0 Å². The molecule has 2 aromatic carbocycles. The largest absolute Gasteiger partial charge is 0.507 e. The maximum absolute atomic E-state index is 10.4. The number of para-hydroxylation sites is 2. The molecule has 0 aliphatic rings. The van der Waals surface area contributed by atoms with Crippen LogP contribution in [0, 0.1) is 18.3 Å². The predicted octanol–water partition coefficient (Wildman–Crippen LogP) is 3.51. The van der Waals surface area contributed by atoms with Gasteiger partial charge in [-0.1, -0.05) is 41.9 Å². The second kappa shape index (κ2) is 7.03. The lowest BCUT2D eigenvalue weighted by Crippen LogP contribution is -1.96. The number of halogens is 1. The first-order chi connectivity index (χ1) is 12.1. The smallest absolute Gasteiger partial charge is 0.216 e. The Morgan fingerprint density at radius 1 is 1.28 bits per heavy atom. The molecule has 0 saturated heterocycles. The topological polar surface area (TPSA) is 111 Å². The van der Waals surface area contributed by atoms with Gasteiger partial charge < -0.3 is 10.4 Å². The summed E-state index contributed by atoms with van der Waals surface area (Å²) in [6.07, 6.45) is 1.45. The van der Waals surface area contributed by atoms with Crippen molar-refractivity contribution in [2.75, 3.05) is 5.32 Å². The fourth-order valence-electron chi connectivity index (χ4n) is 2.34. The standard InChI is InChI=1S/C17H13ClN6O/c1-10-4-2-6-13(16(10)25)12-5-3-7-14(18)15(12)20-9-11(8-19)17-21-23-24-22-17/h2-7,9,20,25H,1H3,(H,21,22,23,24). The van der Waals surface area contributed by atoms with Gasteiger partial charge in [0.25, 0.3) is 0 Å². The molecule has 25 heavy (non-hydrogen) atoms. The van der Waals surface area contributed by atoms with Crippen LogP contribution in [-0.2, 0) is 0 Å². The van der Waals surface area contributed by atoms with Crippen molar-refractivity contribution in [1.82, 2.24) is 20.6 Å². The van der Waals surface area contributed by atoms with E-state index < -0.39 is 0 Å². The molecule has 0 aliphatic heterocycles. The van der Waals surface area contributed by atoms with Crippen molar-refractivity contribution in [3.05, 3.63) is 59.0 Å². The molecule has 0 bridgehead atoms. The fourth-order valence-corrected chi connectivity index (χ4v) is 2.57. The Kier molecular flexibility index (Phi) is 4.64. The fraction of sp³-hybridized carbons (Fsp3) is 0.0588. The van der Waals surface area contributed by atoms with Crippen molar-refractivity contribution < 1.29 is 5.11 Å². The number of aromatic hydroxyl groups is 1. The van der Waals surface area contributed by atoms with Crippen LogP contribution >= 0.6 is 11.6 Å². The minimum atomic E-state index is 0.169. The van der Waals surface area contributed by atoms with Crippen LogP contribution in [0.25, 0.3) is 16.7 Å². The summed E-state index contributed by atoms with van der Waals surface area (Å²) < 4.78 is 0. The molecule has 0 fully saturated rings. The number of allylic oxidation sites excluding steroid dienone is 1. The third-order valence-electron chi connectivity index (χ3n) is 3.61. The average molecular weight is 353 g/mol. The summed E-state index contributed by atoms with van der Waals surface area (Å²) in [6, 6.07) is 12.8. The second-order valence-electron chi connectivity index (χ2n) is 5.18. The van der Waals surface area contributed by atoms with E-state index in [4.69, 9.17) is 11.6 Å². The molecule has 0 saturated carbocycles. The van der Waals surface area contributed by atoms with E-state index in [2.05, 4.69) is 25.9 Å². The van der Waals surface area contributed by atoms with E-state index in [1.54, 1.807) is 18.2 Å². The van der Waals surface area contributed by atoms with Crippen molar-refractivity contribution in [1.29, 1.82) is 5.26 Å². The van der Waals surface area contributed by atoms with E-state index >= 15 is 0 Å². The first kappa shape index (κ1) is 16.5. The number of benzene rings is 2. The highest BCUT2D eigenvalue weighted by Gasteiger charge is 2.14. The minimum absolute atomic E-state index is 0.169. The van der Waals surface area contributed by atoms with Crippen molar-refractivity contribution in [3.8, 4) is 22.9 Å². The van der Waals surface area contributed by atoms with Gasteiger partial charge in [-0.2, -0.15) is 10.5 Å². The molecule has 0 aliphatic carbocycles. The Morgan fingerprint density at radius 2 is 2.04 bits per heavy atom. The van der Waals surface area contributed by atoms with Crippen molar-refractivity contribution >= 4 is 22.9 Å². The molecule has 124 valence electrons. The zero-order chi connectivity index (χ0) is 17.8. The summed E-state index contributed by atoms with van der Waals surface area (Å²) in [7, 11) is 0. The minimum Gasteiger partial charge on any atom is -0.507 e. The highest BCUT2D eigenvalue weighted by atomic mass is 35.5. The summed E-state index contributed by atoms with van der Waals surface area (Å²) in [5.74, 6) is 0.345. The van der Waals surface area contributed by atoms with Gasteiger partial charge in [-0.25, -0.2) is 0 Å². The SMILES string of the molecule is Cc1cccc(-c2cccc(Cl)c2NC=C(C#N)c2nn[nH]n2)c1O. The van der Waals surface area contributed by atoms with Crippen LogP contribution in [0.4, 0.5) is 5.69 Å². The van der Waals surface area contributed by atoms with E-state index in [0.29, 0.717) is 21.8 Å². The molecule has 3 N–H and O–H groups in total. The zero-order valence-electron chi connectivity index (χ0n) is 13.2. The zero-order valence-corrected chi connectivity index (χ0v) is 13.9. The number of anilines is 1. The quantitative estimate of drug-likeness (QED) is 0.620. The Hall–Kier alpha value is -3.37. The molecule has 1 aromatic heterocycles. The summed E-state index contributed by atoms with van der Waals surface area (Å²) >= 11 is 6.32. The molecule has 0 spiro atoms. The molecular weight excluding hydrogens is 340 g/mol. The molecule has 3 aromatic rings. The Labute approximate surface area is 148 Å². The summed E-state index contributed by atoms with van der Waals surface area (Å²) in [4.78, 5) is 0. The molecule has 0 radical (unpaired) electrons. The normalized spacial score (nSPS) is 11.2. The predicted molar refractivity (Wildman–Crippen MR) is 94.7 cm³/mol. The monoisotopic (exact) mass is 352 g/mol. The van der Waals surface area contributed by atoms with Gasteiger partial charge in [-0.05, 0) is 23.8 Å². The van der Waals surface area contributed by atoms with Crippen LogP contribution in [0.15, 0.2) is 42.6 Å². The van der Waals surface area contributed by atoms with Gasteiger partial charge >= 0.3 is 0 Å². The van der Waals surface area contributed by atoms with Crippen molar-refractivity contribution in [2.45, 2.75) is 6.92 Å². The number of tetrazole rings is 1. The number of hydrogen-bond donors (Lipinski definition) is 3. The molecule has 0 atom stereocenters. The summed E-state index contributed by atoms with van der Waals surface area (Å²) in [5, 5.41) is 36.4. The third-order valence-corrected chi connectivity index (χ3v) is 3.92. The van der Waals surface area contributed by atoms with Crippen LogP contribution in [-0.4, -0.2) is 25.7 Å². The van der Waals surface area contributed by atoms with Gasteiger partial charge in [0.1, 0.15) is 17.4 Å². The average Bonchev–Trinajstić information content (AvgIpc) is 3.13. The van der Waals surface area contributed by atoms with Crippen LogP contribution in [0.1, 0.15) is 11.4 Å². The number of H-pyrrole nitrogens is 1. The Morgan fingerprint density at radius 3 is 2.76 bits per heavy atom. The van der Waals surface area contributed by atoms with Gasteiger partial charge in [-0.3, -0.25) is 0 Å². The molecule has 1 heterocycles. The first-order valence-electron chi connectivity index (χ1n) is 7.30. The first-order valence-corrected chi connectivity index (χ1v) is 7.67. The van der Waals surface area contributed by atoms with E-state index in [1.807, 2.05) is 31.2 Å². The van der Waals surface area contributed by atoms with E-state index in [1.165, 1.54) is 6.20 Å². The number of aromatic nitrogens is 4. The number of phenols is 1.